The minimum Gasteiger partial charge on any atom is -0.355 e. The number of alkyl halides is 1. The van der Waals surface area contributed by atoms with Crippen LogP contribution in [0.2, 0.25) is 0 Å². The molecule has 136 valence electrons. The van der Waals surface area contributed by atoms with Crippen molar-refractivity contribution in [1.82, 2.24) is 5.32 Å². The molecule has 1 aliphatic heterocycles. The summed E-state index contributed by atoms with van der Waals surface area (Å²) in [6, 6.07) is 10.3. The van der Waals surface area contributed by atoms with Gasteiger partial charge in [0.2, 0.25) is 0 Å². The number of rotatable bonds is 7. The molecule has 26 heavy (non-hydrogen) atoms. The Morgan fingerprint density at radius 1 is 1.19 bits per heavy atom. The summed E-state index contributed by atoms with van der Waals surface area (Å²) in [5, 5.41) is 0.847. The van der Waals surface area contributed by atoms with E-state index >= 15 is 0 Å². The van der Waals surface area contributed by atoms with Crippen LogP contribution in [0.15, 0.2) is 65.6 Å². The molecule has 4 nitrogen and oxygen atoms in total. The SMILES string of the molecule is O=C1NC(=O)C(=CC2C=CC=CC2(Cl)OCCCCc2ccccc2)S1. The molecule has 2 aliphatic rings. The molecule has 1 N–H and O–H groups in total. The van der Waals surface area contributed by atoms with Gasteiger partial charge in [0, 0.05) is 12.5 Å². The first kappa shape index (κ1) is 19.0. The molecular formula is C20H20ClNO3S. The van der Waals surface area contributed by atoms with Crippen molar-refractivity contribution < 1.29 is 14.3 Å². The molecule has 1 fully saturated rings. The van der Waals surface area contributed by atoms with Gasteiger partial charge in [-0.05, 0) is 42.7 Å². The van der Waals surface area contributed by atoms with Crippen LogP contribution in [0.1, 0.15) is 18.4 Å². The summed E-state index contributed by atoms with van der Waals surface area (Å²) in [6.07, 6.45) is 11.9. The smallest absolute Gasteiger partial charge is 0.290 e. The lowest BCUT2D eigenvalue weighted by atomic mass is 9.96. The number of halogens is 1. The lowest BCUT2D eigenvalue weighted by Crippen LogP contribution is -2.33. The van der Waals surface area contributed by atoms with Crippen LogP contribution >= 0.6 is 23.4 Å². The van der Waals surface area contributed by atoms with Gasteiger partial charge in [0.1, 0.15) is 0 Å². The number of amides is 2. The number of carbonyl (C=O) groups is 2. The first-order valence-electron chi connectivity index (χ1n) is 8.55. The highest BCUT2D eigenvalue weighted by Gasteiger charge is 2.36. The molecule has 6 heteroatoms. The standard InChI is InChI=1S/C20H20ClNO3S/c21-20(25-13-7-5-10-15-8-2-1-3-9-15)12-6-4-11-16(20)14-17-18(23)22-19(24)26-17/h1-4,6,8-9,11-12,14,16H,5,7,10,13H2,(H,22,23,24). The zero-order chi connectivity index (χ0) is 18.4. The predicted molar refractivity (Wildman–Crippen MR) is 105 cm³/mol. The monoisotopic (exact) mass is 389 g/mol. The van der Waals surface area contributed by atoms with Crippen LogP contribution in [0, 0.1) is 5.92 Å². The summed E-state index contributed by atoms with van der Waals surface area (Å²) >= 11 is 7.56. The van der Waals surface area contributed by atoms with Gasteiger partial charge in [-0.1, -0.05) is 66.2 Å². The lowest BCUT2D eigenvalue weighted by molar-refractivity contribution is -0.115. The van der Waals surface area contributed by atoms with E-state index < -0.39 is 5.06 Å². The van der Waals surface area contributed by atoms with Crippen molar-refractivity contribution in [2.45, 2.75) is 24.3 Å². The van der Waals surface area contributed by atoms with Crippen molar-refractivity contribution in [3.63, 3.8) is 0 Å². The molecule has 2 unspecified atom stereocenters. The average Bonchev–Trinajstić information content (AvgIpc) is 2.95. The van der Waals surface area contributed by atoms with Gasteiger partial charge in [-0.15, -0.1) is 0 Å². The van der Waals surface area contributed by atoms with Crippen LogP contribution in [0.25, 0.3) is 0 Å². The van der Waals surface area contributed by atoms with Crippen LogP contribution in [-0.4, -0.2) is 22.8 Å². The Morgan fingerprint density at radius 2 is 2.00 bits per heavy atom. The molecular weight excluding hydrogens is 370 g/mol. The zero-order valence-electron chi connectivity index (χ0n) is 14.2. The van der Waals surface area contributed by atoms with E-state index in [1.54, 1.807) is 12.2 Å². The first-order chi connectivity index (χ1) is 12.6. The van der Waals surface area contributed by atoms with Gasteiger partial charge in [-0.3, -0.25) is 14.9 Å². The number of carbonyl (C=O) groups excluding carboxylic acids is 2. The highest BCUT2D eigenvalue weighted by Crippen LogP contribution is 2.37. The predicted octanol–water partition coefficient (Wildman–Crippen LogP) is 4.57. The summed E-state index contributed by atoms with van der Waals surface area (Å²) in [5.74, 6) is -0.702. The fourth-order valence-corrected chi connectivity index (χ4v) is 3.82. The molecule has 0 bridgehead atoms. The summed E-state index contributed by atoms with van der Waals surface area (Å²) < 4.78 is 5.95. The third-order valence-corrected chi connectivity index (χ3v) is 5.52. The maximum absolute atomic E-state index is 11.8. The molecule has 1 heterocycles. The molecule has 1 saturated heterocycles. The Kier molecular flexibility index (Phi) is 6.35. The van der Waals surface area contributed by atoms with E-state index in [9.17, 15) is 9.59 Å². The Balaban J connectivity index is 1.54. The number of nitrogens with one attached hydrogen (secondary N) is 1. The quantitative estimate of drug-likeness (QED) is 0.421. The molecule has 2 amide bonds. The maximum atomic E-state index is 11.8. The number of ether oxygens (including phenoxy) is 1. The summed E-state index contributed by atoms with van der Waals surface area (Å²) in [5.41, 5.74) is 1.31. The minimum atomic E-state index is -1.04. The van der Waals surface area contributed by atoms with E-state index in [1.165, 1.54) is 5.56 Å². The van der Waals surface area contributed by atoms with Crippen LogP contribution in [0.3, 0.4) is 0 Å². The Hall–Kier alpha value is -1.82. The molecule has 1 aromatic carbocycles. The van der Waals surface area contributed by atoms with Gasteiger partial charge in [0.05, 0.1) is 4.91 Å². The molecule has 0 radical (unpaired) electrons. The van der Waals surface area contributed by atoms with Crippen molar-refractivity contribution in [3.05, 3.63) is 71.2 Å². The molecule has 1 aromatic rings. The van der Waals surface area contributed by atoms with Gasteiger partial charge in [-0.2, -0.15) is 0 Å². The van der Waals surface area contributed by atoms with E-state index in [0.29, 0.717) is 11.5 Å². The van der Waals surface area contributed by atoms with Gasteiger partial charge >= 0.3 is 0 Å². The molecule has 0 saturated carbocycles. The number of unbranched alkanes of at least 4 members (excludes halogenated alkanes) is 1. The summed E-state index contributed by atoms with van der Waals surface area (Å²) in [6.45, 7) is 0.520. The summed E-state index contributed by atoms with van der Waals surface area (Å²) in [4.78, 5) is 23.4. The third-order valence-electron chi connectivity index (χ3n) is 4.21. The van der Waals surface area contributed by atoms with Gasteiger partial charge < -0.3 is 4.74 Å². The molecule has 3 rings (SSSR count). The van der Waals surface area contributed by atoms with E-state index in [4.69, 9.17) is 16.3 Å². The third kappa shape index (κ3) is 4.87. The van der Waals surface area contributed by atoms with Crippen molar-refractivity contribution in [3.8, 4) is 0 Å². The summed E-state index contributed by atoms with van der Waals surface area (Å²) in [7, 11) is 0. The fourth-order valence-electron chi connectivity index (χ4n) is 2.83. The minimum absolute atomic E-state index is 0.317. The van der Waals surface area contributed by atoms with E-state index in [1.807, 2.05) is 36.4 Å². The number of hydrogen-bond donors (Lipinski definition) is 1. The normalized spacial score (nSPS) is 26.5. The van der Waals surface area contributed by atoms with Crippen molar-refractivity contribution in [2.24, 2.45) is 5.92 Å². The number of imide groups is 1. The Labute approximate surface area is 162 Å². The second kappa shape index (κ2) is 8.71. The van der Waals surface area contributed by atoms with Gasteiger partial charge in [0.15, 0.2) is 5.06 Å². The number of aryl methyl sites for hydroxylation is 1. The second-order valence-electron chi connectivity index (χ2n) is 6.13. The van der Waals surface area contributed by atoms with Crippen LogP contribution in [0.5, 0.6) is 0 Å². The van der Waals surface area contributed by atoms with E-state index in [2.05, 4.69) is 17.4 Å². The van der Waals surface area contributed by atoms with E-state index in [-0.39, 0.29) is 17.1 Å². The van der Waals surface area contributed by atoms with Gasteiger partial charge in [0.25, 0.3) is 11.1 Å². The number of allylic oxidation sites excluding steroid dienone is 2. The lowest BCUT2D eigenvalue weighted by Gasteiger charge is -2.31. The first-order valence-corrected chi connectivity index (χ1v) is 9.74. The second-order valence-corrected chi connectivity index (χ2v) is 7.74. The molecule has 2 atom stereocenters. The van der Waals surface area contributed by atoms with Crippen molar-refractivity contribution >= 4 is 34.5 Å². The average molecular weight is 390 g/mol. The Bertz CT molecular complexity index is 760. The van der Waals surface area contributed by atoms with Crippen molar-refractivity contribution in [1.29, 1.82) is 0 Å². The molecule has 1 aliphatic carbocycles. The number of thioether (sulfide) groups is 1. The number of benzene rings is 1. The maximum Gasteiger partial charge on any atom is 0.290 e. The number of hydrogen-bond acceptors (Lipinski definition) is 4. The fraction of sp³-hybridized carbons (Fsp3) is 0.300. The van der Waals surface area contributed by atoms with Crippen molar-refractivity contribution in [2.75, 3.05) is 6.61 Å². The molecule has 0 aromatic heterocycles. The largest absolute Gasteiger partial charge is 0.355 e. The van der Waals surface area contributed by atoms with Crippen LogP contribution in [-0.2, 0) is 16.0 Å². The van der Waals surface area contributed by atoms with E-state index in [0.717, 1.165) is 31.0 Å². The van der Waals surface area contributed by atoms with Crippen LogP contribution in [0.4, 0.5) is 4.79 Å². The molecule has 0 spiro atoms. The highest BCUT2D eigenvalue weighted by atomic mass is 35.5. The Morgan fingerprint density at radius 3 is 2.73 bits per heavy atom. The van der Waals surface area contributed by atoms with Crippen LogP contribution < -0.4 is 5.32 Å². The van der Waals surface area contributed by atoms with Gasteiger partial charge in [-0.25, -0.2) is 0 Å². The zero-order valence-corrected chi connectivity index (χ0v) is 15.8. The topological polar surface area (TPSA) is 55.4 Å². The highest BCUT2D eigenvalue weighted by molar-refractivity contribution is 8.18.